The Morgan fingerprint density at radius 2 is 1.93 bits per heavy atom. The molecule has 0 bridgehead atoms. The second-order valence-electron chi connectivity index (χ2n) is 8.28. The molecule has 3 fully saturated rings. The summed E-state index contributed by atoms with van der Waals surface area (Å²) in [6.07, 6.45) is 5.24. The zero-order chi connectivity index (χ0) is 18.6. The SMILES string of the molecule is Cc1nc(N2CCN(C(=O)C3CC34CCNCC4)CC2)c2cnn(C)c2n1. The molecule has 5 rings (SSSR count). The van der Waals surface area contributed by atoms with Gasteiger partial charge in [0.2, 0.25) is 5.91 Å². The number of amides is 1. The number of anilines is 1. The van der Waals surface area contributed by atoms with Gasteiger partial charge in [0.05, 0.1) is 11.6 Å². The number of piperidine rings is 1. The van der Waals surface area contributed by atoms with Gasteiger partial charge < -0.3 is 15.1 Å². The summed E-state index contributed by atoms with van der Waals surface area (Å²) in [5.74, 6) is 2.34. The van der Waals surface area contributed by atoms with Gasteiger partial charge in [0.25, 0.3) is 0 Å². The van der Waals surface area contributed by atoms with Crippen LogP contribution in [0.3, 0.4) is 0 Å². The van der Waals surface area contributed by atoms with Gasteiger partial charge in [-0.1, -0.05) is 0 Å². The Bertz CT molecular complexity index is 878. The lowest BCUT2D eigenvalue weighted by atomic mass is 9.91. The number of nitrogens with one attached hydrogen (secondary N) is 1. The van der Waals surface area contributed by atoms with Crippen LogP contribution < -0.4 is 10.2 Å². The Kier molecular flexibility index (Phi) is 3.86. The van der Waals surface area contributed by atoms with Crippen molar-refractivity contribution in [2.24, 2.45) is 18.4 Å². The van der Waals surface area contributed by atoms with Crippen LogP contribution in [0.4, 0.5) is 5.82 Å². The van der Waals surface area contributed by atoms with E-state index in [0.717, 1.165) is 81.2 Å². The van der Waals surface area contributed by atoms with E-state index in [4.69, 9.17) is 0 Å². The predicted molar refractivity (Wildman–Crippen MR) is 102 cm³/mol. The topological polar surface area (TPSA) is 79.2 Å². The summed E-state index contributed by atoms with van der Waals surface area (Å²) < 4.78 is 1.79. The fraction of sp³-hybridized carbons (Fsp3) is 0.684. The largest absolute Gasteiger partial charge is 0.352 e. The van der Waals surface area contributed by atoms with Gasteiger partial charge in [0, 0.05) is 39.1 Å². The van der Waals surface area contributed by atoms with E-state index in [1.54, 1.807) is 4.68 Å². The average molecular weight is 369 g/mol. The third-order valence-electron chi connectivity index (χ3n) is 6.66. The first-order valence-corrected chi connectivity index (χ1v) is 9.98. The molecule has 0 radical (unpaired) electrons. The standard InChI is InChI=1S/C19H27N7O/c1-13-22-16-14(12-21-24(16)2)17(23-13)25-7-9-26(10-8-25)18(27)15-11-19(15)3-5-20-6-4-19/h12,15,20H,3-11H2,1-2H3. The van der Waals surface area contributed by atoms with Crippen LogP contribution in [-0.2, 0) is 11.8 Å². The third kappa shape index (κ3) is 2.77. The summed E-state index contributed by atoms with van der Waals surface area (Å²) in [4.78, 5) is 26.5. The van der Waals surface area contributed by atoms with Crippen molar-refractivity contribution < 1.29 is 4.79 Å². The van der Waals surface area contributed by atoms with Gasteiger partial charge in [-0.15, -0.1) is 0 Å². The maximum Gasteiger partial charge on any atom is 0.226 e. The van der Waals surface area contributed by atoms with E-state index < -0.39 is 0 Å². The molecule has 1 aliphatic carbocycles. The Morgan fingerprint density at radius 1 is 1.19 bits per heavy atom. The molecule has 1 N–H and O–H groups in total. The van der Waals surface area contributed by atoms with E-state index >= 15 is 0 Å². The van der Waals surface area contributed by atoms with Crippen LogP contribution in [0.25, 0.3) is 11.0 Å². The van der Waals surface area contributed by atoms with Gasteiger partial charge in [0.1, 0.15) is 11.6 Å². The van der Waals surface area contributed by atoms with E-state index in [2.05, 4.69) is 30.2 Å². The highest BCUT2D eigenvalue weighted by Gasteiger charge is 2.58. The number of aromatic nitrogens is 4. The molecule has 3 aliphatic rings. The minimum absolute atomic E-state index is 0.262. The Balaban J connectivity index is 1.28. The Labute approximate surface area is 158 Å². The van der Waals surface area contributed by atoms with Crippen molar-refractivity contribution in [1.29, 1.82) is 0 Å². The molecule has 2 aromatic rings. The number of rotatable bonds is 2. The zero-order valence-corrected chi connectivity index (χ0v) is 16.1. The molecule has 1 atom stereocenters. The number of nitrogens with zero attached hydrogens (tertiary/aromatic N) is 6. The first-order chi connectivity index (χ1) is 13.1. The van der Waals surface area contributed by atoms with E-state index in [0.29, 0.717) is 11.3 Å². The fourth-order valence-corrected chi connectivity index (χ4v) is 4.89. The zero-order valence-electron chi connectivity index (χ0n) is 16.1. The fourth-order valence-electron chi connectivity index (χ4n) is 4.89. The van der Waals surface area contributed by atoms with E-state index in [9.17, 15) is 4.79 Å². The number of aryl methyl sites for hydroxylation is 2. The number of carbonyl (C=O) groups is 1. The van der Waals surface area contributed by atoms with Gasteiger partial charge in [0.15, 0.2) is 5.65 Å². The molecule has 8 nitrogen and oxygen atoms in total. The molecule has 1 unspecified atom stereocenters. The highest BCUT2D eigenvalue weighted by molar-refractivity contribution is 5.87. The van der Waals surface area contributed by atoms with Gasteiger partial charge in [-0.05, 0) is 44.7 Å². The minimum atomic E-state index is 0.262. The number of fused-ring (bicyclic) bond motifs is 1. The first-order valence-electron chi connectivity index (χ1n) is 9.98. The molecule has 1 saturated carbocycles. The molecular weight excluding hydrogens is 342 g/mol. The predicted octanol–water partition coefficient (Wildman–Crippen LogP) is 0.710. The molecule has 0 aromatic carbocycles. The maximum atomic E-state index is 13.0. The second kappa shape index (κ2) is 6.15. The van der Waals surface area contributed by atoms with Crippen molar-refractivity contribution in [2.45, 2.75) is 26.2 Å². The number of hydrogen-bond acceptors (Lipinski definition) is 6. The van der Waals surface area contributed by atoms with Gasteiger partial charge >= 0.3 is 0 Å². The molecular formula is C19H27N7O. The quantitative estimate of drug-likeness (QED) is 0.840. The molecule has 4 heterocycles. The first kappa shape index (κ1) is 16.9. The summed E-state index contributed by atoms with van der Waals surface area (Å²) in [5, 5.41) is 8.73. The molecule has 1 amide bonds. The summed E-state index contributed by atoms with van der Waals surface area (Å²) in [6.45, 7) is 7.21. The maximum absolute atomic E-state index is 13.0. The normalized spacial score (nSPS) is 24.6. The van der Waals surface area contributed by atoms with Crippen molar-refractivity contribution in [3.05, 3.63) is 12.0 Å². The van der Waals surface area contributed by atoms with Gasteiger partial charge in [-0.25, -0.2) is 9.97 Å². The van der Waals surface area contributed by atoms with Crippen LogP contribution in [0, 0.1) is 18.3 Å². The van der Waals surface area contributed by atoms with Crippen LogP contribution in [0.1, 0.15) is 25.1 Å². The molecule has 2 saturated heterocycles. The van der Waals surface area contributed by atoms with E-state index in [-0.39, 0.29) is 5.92 Å². The summed E-state index contributed by atoms with van der Waals surface area (Å²) in [6, 6.07) is 0. The Hall–Kier alpha value is -2.22. The van der Waals surface area contributed by atoms with Crippen LogP contribution in [0.2, 0.25) is 0 Å². The highest BCUT2D eigenvalue weighted by atomic mass is 16.2. The molecule has 144 valence electrons. The van der Waals surface area contributed by atoms with Gasteiger partial charge in [-0.3, -0.25) is 9.48 Å². The van der Waals surface area contributed by atoms with Crippen molar-refractivity contribution in [3.8, 4) is 0 Å². The minimum Gasteiger partial charge on any atom is -0.352 e. The van der Waals surface area contributed by atoms with Crippen molar-refractivity contribution in [1.82, 2.24) is 30.0 Å². The lowest BCUT2D eigenvalue weighted by Crippen LogP contribution is -2.50. The molecule has 1 spiro atoms. The van der Waals surface area contributed by atoms with Crippen LogP contribution >= 0.6 is 0 Å². The molecule has 2 aromatic heterocycles. The smallest absolute Gasteiger partial charge is 0.226 e. The number of piperazine rings is 1. The lowest BCUT2D eigenvalue weighted by Gasteiger charge is -2.36. The van der Waals surface area contributed by atoms with Crippen LogP contribution in [0.15, 0.2) is 6.20 Å². The number of carbonyl (C=O) groups excluding carboxylic acids is 1. The van der Waals surface area contributed by atoms with Crippen LogP contribution in [-0.4, -0.2) is 69.8 Å². The van der Waals surface area contributed by atoms with Gasteiger partial charge in [-0.2, -0.15) is 5.10 Å². The van der Waals surface area contributed by atoms with E-state index in [1.165, 1.54) is 0 Å². The van der Waals surface area contributed by atoms with Crippen molar-refractivity contribution in [2.75, 3.05) is 44.2 Å². The van der Waals surface area contributed by atoms with Crippen molar-refractivity contribution >= 4 is 22.8 Å². The molecule has 27 heavy (non-hydrogen) atoms. The summed E-state index contributed by atoms with van der Waals surface area (Å²) in [5.41, 5.74) is 1.17. The van der Waals surface area contributed by atoms with E-state index in [1.807, 2.05) is 20.2 Å². The average Bonchev–Trinajstić information content (AvgIpc) is 3.25. The highest BCUT2D eigenvalue weighted by Crippen LogP contribution is 2.59. The molecule has 2 aliphatic heterocycles. The monoisotopic (exact) mass is 369 g/mol. The molecule has 8 heteroatoms. The lowest BCUT2D eigenvalue weighted by molar-refractivity contribution is -0.133. The number of hydrogen-bond donors (Lipinski definition) is 1. The van der Waals surface area contributed by atoms with Crippen LogP contribution in [0.5, 0.6) is 0 Å². The van der Waals surface area contributed by atoms with Crippen molar-refractivity contribution in [3.63, 3.8) is 0 Å². The summed E-state index contributed by atoms with van der Waals surface area (Å²) >= 11 is 0. The third-order valence-corrected chi connectivity index (χ3v) is 6.66. The summed E-state index contributed by atoms with van der Waals surface area (Å²) in [7, 11) is 1.90. The second-order valence-corrected chi connectivity index (χ2v) is 8.28. The Morgan fingerprint density at radius 3 is 2.67 bits per heavy atom.